The molecule has 0 spiro atoms. The fourth-order valence-corrected chi connectivity index (χ4v) is 7.94. The lowest BCUT2D eigenvalue weighted by molar-refractivity contribution is -0.167. The zero-order chi connectivity index (χ0) is 45.8. The van der Waals surface area contributed by atoms with Gasteiger partial charge in [0.2, 0.25) is 0 Å². The number of allylic oxidation sites excluding steroid dienone is 6. The Morgan fingerprint density at radius 1 is 0.317 bits per heavy atom. The first-order valence-electron chi connectivity index (χ1n) is 27.5. The summed E-state index contributed by atoms with van der Waals surface area (Å²) < 4.78 is 16.8. The van der Waals surface area contributed by atoms with Gasteiger partial charge >= 0.3 is 17.9 Å². The molecule has 6 heteroatoms. The minimum atomic E-state index is -0.779. The van der Waals surface area contributed by atoms with E-state index in [0.29, 0.717) is 19.3 Å². The van der Waals surface area contributed by atoms with Crippen LogP contribution < -0.4 is 0 Å². The molecule has 6 nitrogen and oxygen atoms in total. The van der Waals surface area contributed by atoms with E-state index in [1.807, 2.05) is 0 Å². The van der Waals surface area contributed by atoms with Gasteiger partial charge in [0.05, 0.1) is 0 Å². The molecule has 0 saturated heterocycles. The topological polar surface area (TPSA) is 78.9 Å². The molecule has 0 unspecified atom stereocenters. The number of hydrogen-bond donors (Lipinski definition) is 0. The summed E-state index contributed by atoms with van der Waals surface area (Å²) in [5.74, 6) is -0.886. The van der Waals surface area contributed by atoms with Crippen molar-refractivity contribution in [2.45, 2.75) is 297 Å². The summed E-state index contributed by atoms with van der Waals surface area (Å²) in [7, 11) is 0. The van der Waals surface area contributed by atoms with E-state index in [4.69, 9.17) is 14.2 Å². The van der Waals surface area contributed by atoms with E-state index >= 15 is 0 Å². The van der Waals surface area contributed by atoms with Crippen molar-refractivity contribution >= 4 is 17.9 Å². The lowest BCUT2D eigenvalue weighted by Gasteiger charge is -2.18. The van der Waals surface area contributed by atoms with Crippen molar-refractivity contribution in [2.75, 3.05) is 13.2 Å². The van der Waals surface area contributed by atoms with Crippen LogP contribution in [0, 0.1) is 0 Å². The van der Waals surface area contributed by atoms with E-state index in [0.717, 1.165) is 83.5 Å². The van der Waals surface area contributed by atoms with Crippen molar-refractivity contribution in [3.05, 3.63) is 36.5 Å². The Morgan fingerprint density at radius 3 is 0.921 bits per heavy atom. The highest BCUT2D eigenvalue weighted by Gasteiger charge is 2.19. The van der Waals surface area contributed by atoms with E-state index in [1.54, 1.807) is 0 Å². The molecule has 0 radical (unpaired) electrons. The van der Waals surface area contributed by atoms with Crippen LogP contribution in [0.1, 0.15) is 290 Å². The largest absolute Gasteiger partial charge is 0.462 e. The second kappa shape index (κ2) is 52.3. The van der Waals surface area contributed by atoms with Crippen molar-refractivity contribution in [3.8, 4) is 0 Å². The molecular weight excluding hydrogens is 781 g/mol. The van der Waals surface area contributed by atoms with E-state index in [1.165, 1.54) is 167 Å². The van der Waals surface area contributed by atoms with E-state index in [9.17, 15) is 14.4 Å². The maximum atomic E-state index is 12.8. The highest BCUT2D eigenvalue weighted by atomic mass is 16.6. The molecule has 0 aliphatic carbocycles. The Bertz CT molecular complexity index is 1060. The molecule has 1 atom stereocenters. The number of carbonyl (C=O) groups excluding carboxylic acids is 3. The van der Waals surface area contributed by atoms with Gasteiger partial charge in [0, 0.05) is 19.3 Å². The highest BCUT2D eigenvalue weighted by Crippen LogP contribution is 2.16. The van der Waals surface area contributed by atoms with E-state index < -0.39 is 6.10 Å². The van der Waals surface area contributed by atoms with Gasteiger partial charge in [-0.25, -0.2) is 0 Å². The average molecular weight is 885 g/mol. The van der Waals surface area contributed by atoms with Crippen molar-refractivity contribution in [1.29, 1.82) is 0 Å². The van der Waals surface area contributed by atoms with Gasteiger partial charge in [-0.2, -0.15) is 0 Å². The minimum Gasteiger partial charge on any atom is -0.462 e. The molecule has 0 amide bonds. The van der Waals surface area contributed by atoms with Crippen LogP contribution in [0.4, 0.5) is 0 Å². The van der Waals surface area contributed by atoms with Gasteiger partial charge in [-0.15, -0.1) is 0 Å². The van der Waals surface area contributed by atoms with Crippen LogP contribution in [0.15, 0.2) is 36.5 Å². The lowest BCUT2D eigenvalue weighted by atomic mass is 10.0. The van der Waals surface area contributed by atoms with Gasteiger partial charge in [0.15, 0.2) is 6.10 Å². The lowest BCUT2D eigenvalue weighted by Crippen LogP contribution is -2.30. The maximum Gasteiger partial charge on any atom is 0.306 e. The fourth-order valence-electron chi connectivity index (χ4n) is 7.94. The van der Waals surface area contributed by atoms with Crippen molar-refractivity contribution in [1.82, 2.24) is 0 Å². The van der Waals surface area contributed by atoms with E-state index in [-0.39, 0.29) is 31.1 Å². The third-order valence-electron chi connectivity index (χ3n) is 12.1. The fraction of sp³-hybridized carbons (Fsp3) is 0.842. The molecule has 0 rings (SSSR count). The predicted octanol–water partition coefficient (Wildman–Crippen LogP) is 18.1. The van der Waals surface area contributed by atoms with Gasteiger partial charge < -0.3 is 14.2 Å². The van der Waals surface area contributed by atoms with Crippen LogP contribution in [-0.4, -0.2) is 37.2 Å². The zero-order valence-corrected chi connectivity index (χ0v) is 42.1. The monoisotopic (exact) mass is 885 g/mol. The molecule has 0 aromatic rings. The summed E-state index contributed by atoms with van der Waals surface area (Å²) >= 11 is 0. The Morgan fingerprint density at radius 2 is 0.571 bits per heavy atom. The molecule has 0 aliphatic heterocycles. The highest BCUT2D eigenvalue weighted by molar-refractivity contribution is 5.71. The normalized spacial score (nSPS) is 12.2. The summed E-state index contributed by atoms with van der Waals surface area (Å²) in [6.07, 6.45) is 61.2. The molecule has 368 valence electrons. The molecule has 0 heterocycles. The first kappa shape index (κ1) is 60.6. The number of ether oxygens (including phenoxy) is 3. The summed E-state index contributed by atoms with van der Waals surface area (Å²) in [4.78, 5) is 38.0. The van der Waals surface area contributed by atoms with Crippen molar-refractivity contribution in [2.24, 2.45) is 0 Å². The Hall–Kier alpha value is -2.37. The maximum absolute atomic E-state index is 12.8. The molecule has 0 aromatic heterocycles. The standard InChI is InChI=1S/C57H104O6/c1-4-7-10-13-16-19-22-25-28-31-34-37-40-43-46-49-55(58)61-52-54(63-57(60)51-48-45-42-39-36-33-30-27-24-21-18-15-12-9-6-3)53-62-56(59)50-47-44-41-38-35-32-29-26-23-20-17-14-11-8-5-2/h16,19,25,27-28,30,54H,4-15,17-18,20-24,26,29,31-53H2,1-3H3/b19-16+,28-25+,30-27+/t54-/m1/s1. The Balaban J connectivity index is 4.38. The Labute approximate surface area is 391 Å². The number of rotatable bonds is 50. The zero-order valence-electron chi connectivity index (χ0n) is 42.1. The molecule has 0 aliphatic rings. The second-order valence-corrected chi connectivity index (χ2v) is 18.5. The van der Waals surface area contributed by atoms with Crippen LogP contribution in [-0.2, 0) is 28.6 Å². The predicted molar refractivity (Wildman–Crippen MR) is 270 cm³/mol. The first-order chi connectivity index (χ1) is 31.0. The van der Waals surface area contributed by atoms with E-state index in [2.05, 4.69) is 57.2 Å². The summed E-state index contributed by atoms with van der Waals surface area (Å²) in [6, 6.07) is 0. The van der Waals surface area contributed by atoms with Crippen LogP contribution in [0.2, 0.25) is 0 Å². The van der Waals surface area contributed by atoms with Crippen LogP contribution >= 0.6 is 0 Å². The molecule has 0 saturated carbocycles. The number of hydrogen-bond acceptors (Lipinski definition) is 6. The SMILES string of the molecule is CCCCC/C=C/C/C=C/CCCCCCCC(=O)OC[C@H](COC(=O)CCCCCCCCCCCCCCCCC)OC(=O)CCCCCCC/C=C/CCCCCCCC. The third-order valence-corrected chi connectivity index (χ3v) is 12.1. The second-order valence-electron chi connectivity index (χ2n) is 18.5. The minimum absolute atomic E-state index is 0.0767. The summed E-state index contributed by atoms with van der Waals surface area (Å²) in [6.45, 7) is 6.62. The number of carbonyl (C=O) groups is 3. The summed E-state index contributed by atoms with van der Waals surface area (Å²) in [5, 5.41) is 0. The van der Waals surface area contributed by atoms with Gasteiger partial charge in [0.25, 0.3) is 0 Å². The van der Waals surface area contributed by atoms with Crippen molar-refractivity contribution in [3.63, 3.8) is 0 Å². The van der Waals surface area contributed by atoms with Crippen LogP contribution in [0.5, 0.6) is 0 Å². The quantitative estimate of drug-likeness (QED) is 0.0262. The Kier molecular flexibility index (Phi) is 50.3. The first-order valence-corrected chi connectivity index (χ1v) is 27.5. The number of esters is 3. The third kappa shape index (κ3) is 50.5. The average Bonchev–Trinajstić information content (AvgIpc) is 3.28. The molecule has 0 aromatic carbocycles. The molecule has 0 bridgehead atoms. The summed E-state index contributed by atoms with van der Waals surface area (Å²) in [5.41, 5.74) is 0. The number of unbranched alkanes of at least 4 members (excludes halogenated alkanes) is 33. The smallest absolute Gasteiger partial charge is 0.306 e. The van der Waals surface area contributed by atoms with Crippen molar-refractivity contribution < 1.29 is 28.6 Å². The molecule has 63 heavy (non-hydrogen) atoms. The van der Waals surface area contributed by atoms with Crippen LogP contribution in [0.25, 0.3) is 0 Å². The van der Waals surface area contributed by atoms with Gasteiger partial charge in [-0.3, -0.25) is 14.4 Å². The van der Waals surface area contributed by atoms with Gasteiger partial charge in [-0.05, 0) is 77.0 Å². The molecular formula is C57H104O6. The van der Waals surface area contributed by atoms with Gasteiger partial charge in [-0.1, -0.05) is 231 Å². The van der Waals surface area contributed by atoms with Crippen LogP contribution in [0.3, 0.4) is 0 Å². The molecule has 0 N–H and O–H groups in total. The van der Waals surface area contributed by atoms with Gasteiger partial charge in [0.1, 0.15) is 13.2 Å². The molecule has 0 fully saturated rings.